The van der Waals surface area contributed by atoms with Crippen molar-refractivity contribution in [3.63, 3.8) is 0 Å². The van der Waals surface area contributed by atoms with Crippen molar-refractivity contribution in [2.75, 3.05) is 5.32 Å². The van der Waals surface area contributed by atoms with Gasteiger partial charge >= 0.3 is 0 Å². The SMILES string of the molecule is C[C@@H](NS(=O)(=O)c1ccc(CCC(=O)Nc2ccc(Oc3ccccc3)cc2)cc1)c1ccccc1. The van der Waals surface area contributed by atoms with E-state index in [1.165, 1.54) is 0 Å². The summed E-state index contributed by atoms with van der Waals surface area (Å²) in [4.78, 5) is 12.6. The van der Waals surface area contributed by atoms with Crippen molar-refractivity contribution in [3.8, 4) is 11.5 Å². The fourth-order valence-corrected chi connectivity index (χ4v) is 4.89. The first kappa shape index (κ1) is 25.2. The van der Waals surface area contributed by atoms with Crippen LogP contribution in [0.4, 0.5) is 5.69 Å². The number of benzene rings is 4. The first-order valence-corrected chi connectivity index (χ1v) is 13.2. The maximum absolute atomic E-state index is 12.7. The molecule has 1 atom stereocenters. The second-order valence-corrected chi connectivity index (χ2v) is 10.1. The lowest BCUT2D eigenvalue weighted by Crippen LogP contribution is -2.26. The number of carbonyl (C=O) groups excluding carboxylic acids is 1. The van der Waals surface area contributed by atoms with E-state index in [9.17, 15) is 13.2 Å². The zero-order valence-electron chi connectivity index (χ0n) is 19.9. The summed E-state index contributed by atoms with van der Waals surface area (Å²) in [5, 5.41) is 2.88. The van der Waals surface area contributed by atoms with Crippen LogP contribution >= 0.6 is 0 Å². The Morgan fingerprint density at radius 2 is 1.36 bits per heavy atom. The first-order valence-electron chi connectivity index (χ1n) is 11.7. The molecule has 0 aromatic heterocycles. The third kappa shape index (κ3) is 7.04. The predicted octanol–water partition coefficient (Wildman–Crippen LogP) is 6.09. The number of hydrogen-bond donors (Lipinski definition) is 2. The summed E-state index contributed by atoms with van der Waals surface area (Å²) < 4.78 is 33.9. The van der Waals surface area contributed by atoms with E-state index >= 15 is 0 Å². The highest BCUT2D eigenvalue weighted by molar-refractivity contribution is 7.89. The zero-order valence-corrected chi connectivity index (χ0v) is 20.7. The van der Waals surface area contributed by atoms with Gasteiger partial charge in [-0.1, -0.05) is 60.7 Å². The predicted molar refractivity (Wildman–Crippen MR) is 142 cm³/mol. The molecular weight excluding hydrogens is 472 g/mol. The minimum atomic E-state index is -3.66. The van der Waals surface area contributed by atoms with Crippen molar-refractivity contribution in [1.82, 2.24) is 4.72 Å². The molecular formula is C29H28N2O4S. The number of rotatable bonds is 10. The Labute approximate surface area is 212 Å². The monoisotopic (exact) mass is 500 g/mol. The maximum atomic E-state index is 12.7. The van der Waals surface area contributed by atoms with E-state index in [4.69, 9.17) is 4.74 Å². The Hall–Kier alpha value is -3.94. The van der Waals surface area contributed by atoms with Gasteiger partial charge in [0.15, 0.2) is 0 Å². The Morgan fingerprint density at radius 3 is 2.00 bits per heavy atom. The largest absolute Gasteiger partial charge is 0.457 e. The molecule has 0 fully saturated rings. The molecule has 2 N–H and O–H groups in total. The van der Waals surface area contributed by atoms with E-state index < -0.39 is 10.0 Å². The van der Waals surface area contributed by atoms with E-state index in [-0.39, 0.29) is 23.3 Å². The van der Waals surface area contributed by atoms with E-state index in [1.807, 2.05) is 67.6 Å². The van der Waals surface area contributed by atoms with Gasteiger partial charge in [-0.3, -0.25) is 4.79 Å². The van der Waals surface area contributed by atoms with Gasteiger partial charge in [-0.05, 0) is 73.0 Å². The number of ether oxygens (including phenoxy) is 1. The van der Waals surface area contributed by atoms with Gasteiger partial charge in [-0.15, -0.1) is 0 Å². The van der Waals surface area contributed by atoms with Crippen LogP contribution in [-0.4, -0.2) is 14.3 Å². The molecule has 0 unspecified atom stereocenters. The molecule has 184 valence electrons. The summed E-state index contributed by atoms with van der Waals surface area (Å²) in [5.74, 6) is 1.30. The molecule has 0 heterocycles. The lowest BCUT2D eigenvalue weighted by atomic mass is 10.1. The molecule has 0 aliphatic carbocycles. The smallest absolute Gasteiger partial charge is 0.241 e. The van der Waals surface area contributed by atoms with Crippen molar-refractivity contribution < 1.29 is 17.9 Å². The average molecular weight is 501 g/mol. The normalized spacial score (nSPS) is 12.0. The number of anilines is 1. The molecule has 6 nitrogen and oxygen atoms in total. The lowest BCUT2D eigenvalue weighted by Gasteiger charge is -2.15. The van der Waals surface area contributed by atoms with Crippen LogP contribution in [0.5, 0.6) is 11.5 Å². The Bertz CT molecular complexity index is 1370. The third-order valence-corrected chi connectivity index (χ3v) is 7.18. The minimum absolute atomic E-state index is 0.123. The molecule has 0 saturated heterocycles. The van der Waals surface area contributed by atoms with Crippen LogP contribution in [0, 0.1) is 0 Å². The van der Waals surface area contributed by atoms with Gasteiger partial charge in [0.2, 0.25) is 15.9 Å². The van der Waals surface area contributed by atoms with Crippen LogP contribution in [0.3, 0.4) is 0 Å². The van der Waals surface area contributed by atoms with Crippen LogP contribution in [0.15, 0.2) is 114 Å². The van der Waals surface area contributed by atoms with Gasteiger partial charge in [0.25, 0.3) is 0 Å². The number of carbonyl (C=O) groups is 1. The standard InChI is InChI=1S/C29H28N2O4S/c1-22(24-8-4-2-5-9-24)31-36(33,34)28-19-12-23(13-20-28)14-21-29(32)30-25-15-17-27(18-16-25)35-26-10-6-3-7-11-26/h2-13,15-20,22,31H,14,21H2,1H3,(H,30,32)/t22-/m1/s1. The number of aryl methyl sites for hydroxylation is 1. The summed E-state index contributed by atoms with van der Waals surface area (Å²) in [7, 11) is -3.66. The first-order chi connectivity index (χ1) is 17.4. The summed E-state index contributed by atoms with van der Waals surface area (Å²) in [6, 6.07) is 32.3. The fraction of sp³-hybridized carbons (Fsp3) is 0.138. The maximum Gasteiger partial charge on any atom is 0.241 e. The van der Waals surface area contributed by atoms with Crippen molar-refractivity contribution in [1.29, 1.82) is 0 Å². The average Bonchev–Trinajstić information content (AvgIpc) is 2.90. The number of nitrogens with one attached hydrogen (secondary N) is 2. The molecule has 0 saturated carbocycles. The summed E-state index contributed by atoms with van der Waals surface area (Å²) in [6.07, 6.45) is 0.771. The van der Waals surface area contributed by atoms with Crippen molar-refractivity contribution in [2.45, 2.75) is 30.7 Å². The second-order valence-electron chi connectivity index (χ2n) is 8.39. The molecule has 7 heteroatoms. The molecule has 1 amide bonds. The molecule has 4 rings (SSSR count). The molecule has 0 bridgehead atoms. The molecule has 4 aromatic rings. The number of hydrogen-bond acceptors (Lipinski definition) is 4. The quantitative estimate of drug-likeness (QED) is 0.276. The second kappa shape index (κ2) is 11.7. The molecule has 0 aliphatic heterocycles. The van der Waals surface area contributed by atoms with Crippen LogP contribution in [0.25, 0.3) is 0 Å². The van der Waals surface area contributed by atoms with Gasteiger partial charge in [0.1, 0.15) is 11.5 Å². The van der Waals surface area contributed by atoms with Crippen molar-refractivity contribution >= 4 is 21.6 Å². The third-order valence-electron chi connectivity index (χ3n) is 5.62. The topological polar surface area (TPSA) is 84.5 Å². The highest BCUT2D eigenvalue weighted by Gasteiger charge is 2.18. The van der Waals surface area contributed by atoms with E-state index in [0.717, 1.165) is 16.9 Å². The highest BCUT2D eigenvalue weighted by atomic mass is 32.2. The van der Waals surface area contributed by atoms with Crippen LogP contribution in [0.2, 0.25) is 0 Å². The minimum Gasteiger partial charge on any atom is -0.457 e. The van der Waals surface area contributed by atoms with Gasteiger partial charge < -0.3 is 10.1 Å². The number of sulfonamides is 1. The van der Waals surface area contributed by atoms with E-state index in [0.29, 0.717) is 17.9 Å². The van der Waals surface area contributed by atoms with Crippen LogP contribution in [-0.2, 0) is 21.2 Å². The molecule has 0 radical (unpaired) electrons. The van der Waals surface area contributed by atoms with Gasteiger partial charge in [0, 0.05) is 18.2 Å². The molecule has 0 aliphatic rings. The van der Waals surface area contributed by atoms with Crippen molar-refractivity contribution in [3.05, 3.63) is 120 Å². The van der Waals surface area contributed by atoms with E-state index in [1.54, 1.807) is 48.5 Å². The van der Waals surface area contributed by atoms with Gasteiger partial charge in [0.05, 0.1) is 4.90 Å². The summed E-state index contributed by atoms with van der Waals surface area (Å²) >= 11 is 0. The zero-order chi connectivity index (χ0) is 25.4. The number of para-hydroxylation sites is 1. The van der Waals surface area contributed by atoms with Crippen LogP contribution < -0.4 is 14.8 Å². The van der Waals surface area contributed by atoms with Crippen molar-refractivity contribution in [2.24, 2.45) is 0 Å². The lowest BCUT2D eigenvalue weighted by molar-refractivity contribution is -0.116. The Kier molecular flexibility index (Phi) is 8.15. The Balaban J connectivity index is 1.27. The fourth-order valence-electron chi connectivity index (χ4n) is 3.66. The molecule has 36 heavy (non-hydrogen) atoms. The van der Waals surface area contributed by atoms with Crippen LogP contribution in [0.1, 0.15) is 30.5 Å². The van der Waals surface area contributed by atoms with Gasteiger partial charge in [-0.25, -0.2) is 13.1 Å². The van der Waals surface area contributed by atoms with E-state index in [2.05, 4.69) is 10.0 Å². The summed E-state index contributed by atoms with van der Waals surface area (Å²) in [6.45, 7) is 1.81. The molecule has 4 aromatic carbocycles. The Morgan fingerprint density at radius 1 is 0.778 bits per heavy atom. The number of amides is 1. The summed E-state index contributed by atoms with van der Waals surface area (Å²) in [5.41, 5.74) is 2.45. The highest BCUT2D eigenvalue weighted by Crippen LogP contribution is 2.23. The van der Waals surface area contributed by atoms with Gasteiger partial charge in [-0.2, -0.15) is 0 Å². The molecule has 0 spiro atoms.